The molecule has 0 spiro atoms. The van der Waals surface area contributed by atoms with Crippen LogP contribution in [-0.4, -0.2) is 50.8 Å². The normalized spacial score (nSPS) is 16.3. The van der Waals surface area contributed by atoms with Crippen LogP contribution in [0.5, 0.6) is 11.5 Å². The van der Waals surface area contributed by atoms with Gasteiger partial charge < -0.3 is 9.47 Å². The zero-order chi connectivity index (χ0) is 23.4. The molecule has 1 fully saturated rings. The van der Waals surface area contributed by atoms with Gasteiger partial charge in [0.25, 0.3) is 11.8 Å². The Morgan fingerprint density at radius 1 is 0.879 bits per heavy atom. The Morgan fingerprint density at radius 2 is 1.52 bits per heavy atom. The third kappa shape index (κ3) is 5.12. The Kier molecular flexibility index (Phi) is 6.85. The molecule has 176 valence electrons. The fourth-order valence-electron chi connectivity index (χ4n) is 4.05. The van der Waals surface area contributed by atoms with Crippen molar-refractivity contribution in [3.8, 4) is 11.5 Å². The summed E-state index contributed by atoms with van der Waals surface area (Å²) in [5, 5.41) is 0. The van der Waals surface area contributed by atoms with Gasteiger partial charge in [0, 0.05) is 24.2 Å². The van der Waals surface area contributed by atoms with Crippen LogP contribution < -0.4 is 20.3 Å². The molecule has 2 aromatic carbocycles. The lowest BCUT2D eigenvalue weighted by Gasteiger charge is -2.30. The summed E-state index contributed by atoms with van der Waals surface area (Å²) in [6, 6.07) is 10.5. The zero-order valence-corrected chi connectivity index (χ0v) is 19.2. The number of nitrogens with zero attached hydrogens (tertiary/aromatic N) is 1. The van der Waals surface area contributed by atoms with Gasteiger partial charge in [-0.05, 0) is 49.2 Å². The number of ether oxygens (including phenoxy) is 2. The number of carbonyl (C=O) groups is 2. The standard InChI is InChI=1S/C23H27N3O6S/c1-26(18-7-3-2-4-8-18)33(29,30)19-9-5-6-16(14-19)22(27)24-25-23(28)17-10-11-20-21(15-17)32-13-12-31-20/h5-6,9-11,14-15,18H,2-4,7-8,12-13H2,1H3,(H,24,27)(H,25,28). The van der Waals surface area contributed by atoms with Crippen molar-refractivity contribution in [3.05, 3.63) is 53.6 Å². The maximum Gasteiger partial charge on any atom is 0.269 e. The number of amides is 2. The Labute approximate surface area is 193 Å². The molecule has 0 aromatic heterocycles. The summed E-state index contributed by atoms with van der Waals surface area (Å²) >= 11 is 0. The van der Waals surface area contributed by atoms with E-state index >= 15 is 0 Å². The number of fused-ring (bicyclic) bond motifs is 1. The average molecular weight is 474 g/mol. The van der Waals surface area contributed by atoms with Gasteiger partial charge >= 0.3 is 0 Å². The van der Waals surface area contributed by atoms with Gasteiger partial charge in [0.15, 0.2) is 11.5 Å². The molecule has 9 nitrogen and oxygen atoms in total. The van der Waals surface area contributed by atoms with Gasteiger partial charge in [0.2, 0.25) is 10.0 Å². The first-order chi connectivity index (χ1) is 15.9. The average Bonchev–Trinajstić information content (AvgIpc) is 2.86. The Hall–Kier alpha value is -3.11. The first kappa shape index (κ1) is 23.1. The van der Waals surface area contributed by atoms with E-state index in [0.717, 1.165) is 32.1 Å². The second kappa shape index (κ2) is 9.80. The highest BCUT2D eigenvalue weighted by Gasteiger charge is 2.29. The number of hydrazine groups is 1. The molecule has 0 bridgehead atoms. The van der Waals surface area contributed by atoms with Crippen molar-refractivity contribution in [1.29, 1.82) is 0 Å². The van der Waals surface area contributed by atoms with Gasteiger partial charge in [0.05, 0.1) is 4.90 Å². The minimum Gasteiger partial charge on any atom is -0.486 e. The molecule has 1 aliphatic heterocycles. The molecule has 0 unspecified atom stereocenters. The number of hydrogen-bond donors (Lipinski definition) is 2. The lowest BCUT2D eigenvalue weighted by molar-refractivity contribution is 0.0846. The van der Waals surface area contributed by atoms with E-state index in [4.69, 9.17) is 9.47 Å². The van der Waals surface area contributed by atoms with Crippen molar-refractivity contribution >= 4 is 21.8 Å². The van der Waals surface area contributed by atoms with Gasteiger partial charge in [-0.25, -0.2) is 8.42 Å². The van der Waals surface area contributed by atoms with Gasteiger partial charge in [-0.15, -0.1) is 0 Å². The third-order valence-electron chi connectivity index (χ3n) is 5.96. The van der Waals surface area contributed by atoms with Gasteiger partial charge in [-0.1, -0.05) is 25.3 Å². The van der Waals surface area contributed by atoms with Crippen LogP contribution in [-0.2, 0) is 10.0 Å². The second-order valence-corrected chi connectivity index (χ2v) is 10.1. The van der Waals surface area contributed by atoms with E-state index in [0.29, 0.717) is 24.7 Å². The van der Waals surface area contributed by atoms with Crippen LogP contribution in [0.3, 0.4) is 0 Å². The Balaban J connectivity index is 1.41. The molecule has 0 atom stereocenters. The van der Waals surface area contributed by atoms with E-state index in [1.165, 1.54) is 34.6 Å². The predicted molar refractivity (Wildman–Crippen MR) is 121 cm³/mol. The van der Waals surface area contributed by atoms with Crippen molar-refractivity contribution in [2.24, 2.45) is 0 Å². The lowest BCUT2D eigenvalue weighted by Crippen LogP contribution is -2.42. The molecule has 0 radical (unpaired) electrons. The molecule has 2 N–H and O–H groups in total. The first-order valence-electron chi connectivity index (χ1n) is 10.9. The van der Waals surface area contributed by atoms with Gasteiger partial charge in [-0.3, -0.25) is 20.4 Å². The third-order valence-corrected chi connectivity index (χ3v) is 7.86. The maximum atomic E-state index is 13.1. The minimum atomic E-state index is -3.74. The van der Waals surface area contributed by atoms with Crippen LogP contribution in [0.2, 0.25) is 0 Å². The van der Waals surface area contributed by atoms with E-state index in [2.05, 4.69) is 10.9 Å². The quantitative estimate of drug-likeness (QED) is 0.645. The molecule has 2 amide bonds. The monoisotopic (exact) mass is 473 g/mol. The SMILES string of the molecule is CN(C1CCCCC1)S(=O)(=O)c1cccc(C(=O)NNC(=O)c2ccc3c(c2)OCCO3)c1. The molecule has 1 heterocycles. The van der Waals surface area contributed by atoms with Crippen molar-refractivity contribution in [2.75, 3.05) is 20.3 Å². The van der Waals surface area contributed by atoms with E-state index in [1.54, 1.807) is 19.2 Å². The van der Waals surface area contributed by atoms with Crippen LogP contribution in [0.25, 0.3) is 0 Å². The summed E-state index contributed by atoms with van der Waals surface area (Å²) in [4.78, 5) is 25.1. The number of hydrogen-bond acceptors (Lipinski definition) is 6. The van der Waals surface area contributed by atoms with Crippen LogP contribution >= 0.6 is 0 Å². The molecular formula is C23H27N3O6S. The van der Waals surface area contributed by atoms with Crippen LogP contribution in [0.15, 0.2) is 47.4 Å². The zero-order valence-electron chi connectivity index (χ0n) is 18.4. The molecule has 1 aliphatic carbocycles. The number of nitrogens with one attached hydrogen (secondary N) is 2. The molecule has 2 aliphatic rings. The number of benzene rings is 2. The van der Waals surface area contributed by atoms with Crippen molar-refractivity contribution in [1.82, 2.24) is 15.2 Å². The van der Waals surface area contributed by atoms with E-state index in [9.17, 15) is 18.0 Å². The molecule has 33 heavy (non-hydrogen) atoms. The van der Waals surface area contributed by atoms with Gasteiger partial charge in [0.1, 0.15) is 13.2 Å². The summed E-state index contributed by atoms with van der Waals surface area (Å²) < 4.78 is 38.5. The highest BCUT2D eigenvalue weighted by molar-refractivity contribution is 7.89. The Bertz CT molecular complexity index is 1140. The highest BCUT2D eigenvalue weighted by Crippen LogP contribution is 2.30. The molecule has 10 heteroatoms. The number of rotatable bonds is 5. The maximum absolute atomic E-state index is 13.1. The largest absolute Gasteiger partial charge is 0.486 e. The summed E-state index contributed by atoms with van der Waals surface area (Å²) in [6.07, 6.45) is 4.81. The topological polar surface area (TPSA) is 114 Å². The fourth-order valence-corrected chi connectivity index (χ4v) is 5.51. The fraction of sp³-hybridized carbons (Fsp3) is 0.391. The first-order valence-corrected chi connectivity index (χ1v) is 12.4. The highest BCUT2D eigenvalue weighted by atomic mass is 32.2. The second-order valence-electron chi connectivity index (χ2n) is 8.11. The molecule has 1 saturated carbocycles. The van der Waals surface area contributed by atoms with Crippen molar-refractivity contribution in [2.45, 2.75) is 43.0 Å². The van der Waals surface area contributed by atoms with E-state index in [-0.39, 0.29) is 22.1 Å². The summed E-state index contributed by atoms with van der Waals surface area (Å²) in [5.41, 5.74) is 5.07. The summed E-state index contributed by atoms with van der Waals surface area (Å²) in [6.45, 7) is 0.837. The van der Waals surface area contributed by atoms with Crippen LogP contribution in [0, 0.1) is 0 Å². The van der Waals surface area contributed by atoms with E-state index < -0.39 is 21.8 Å². The van der Waals surface area contributed by atoms with Crippen LogP contribution in [0.4, 0.5) is 0 Å². The smallest absolute Gasteiger partial charge is 0.269 e. The van der Waals surface area contributed by atoms with Crippen molar-refractivity contribution < 1.29 is 27.5 Å². The number of carbonyl (C=O) groups excluding carboxylic acids is 2. The van der Waals surface area contributed by atoms with Gasteiger partial charge in [-0.2, -0.15) is 4.31 Å². The van der Waals surface area contributed by atoms with E-state index in [1.807, 2.05) is 0 Å². The lowest BCUT2D eigenvalue weighted by atomic mass is 9.96. The molecule has 0 saturated heterocycles. The summed E-state index contributed by atoms with van der Waals surface area (Å²) in [5.74, 6) is -0.155. The molecular weight excluding hydrogens is 446 g/mol. The van der Waals surface area contributed by atoms with Crippen LogP contribution in [0.1, 0.15) is 52.8 Å². The molecule has 2 aromatic rings. The number of sulfonamides is 1. The minimum absolute atomic E-state index is 0.0356. The Morgan fingerprint density at radius 3 is 2.21 bits per heavy atom. The molecule has 4 rings (SSSR count). The predicted octanol–water partition coefficient (Wildman–Crippen LogP) is 2.49. The van der Waals surface area contributed by atoms with Crippen molar-refractivity contribution in [3.63, 3.8) is 0 Å². The summed E-state index contributed by atoms with van der Waals surface area (Å²) in [7, 11) is -2.15.